The summed E-state index contributed by atoms with van der Waals surface area (Å²) in [7, 11) is 1.52. The highest BCUT2D eigenvalue weighted by Crippen LogP contribution is 2.38. The second-order valence-corrected chi connectivity index (χ2v) is 10.5. The fourth-order valence-corrected chi connectivity index (χ4v) is 5.37. The van der Waals surface area contributed by atoms with Gasteiger partial charge in [0.05, 0.1) is 12.7 Å². The third-order valence-corrected chi connectivity index (χ3v) is 7.52. The van der Waals surface area contributed by atoms with E-state index < -0.39 is 12.0 Å². The first-order valence-electron chi connectivity index (χ1n) is 12.6. The van der Waals surface area contributed by atoms with Gasteiger partial charge in [-0.3, -0.25) is 0 Å². The van der Waals surface area contributed by atoms with Crippen LogP contribution in [0.4, 0.5) is 8.78 Å². The van der Waals surface area contributed by atoms with Crippen LogP contribution in [0.2, 0.25) is 0 Å². The van der Waals surface area contributed by atoms with Crippen LogP contribution in [0.25, 0.3) is 10.8 Å². The monoisotopic (exact) mass is 513 g/mol. The molecule has 7 heteroatoms. The van der Waals surface area contributed by atoms with E-state index in [1.807, 2.05) is 36.4 Å². The van der Waals surface area contributed by atoms with Crippen LogP contribution in [0.1, 0.15) is 51.0 Å². The first kappa shape index (κ1) is 26.4. The number of hydrogen-bond donors (Lipinski definition) is 0. The maximum absolute atomic E-state index is 15.3. The number of rotatable bonds is 12. The van der Waals surface area contributed by atoms with Crippen LogP contribution < -0.4 is 9.47 Å². The Bertz CT molecular complexity index is 1150. The summed E-state index contributed by atoms with van der Waals surface area (Å²) in [5.41, 5.74) is -0.219. The Morgan fingerprint density at radius 1 is 1.03 bits per heavy atom. The van der Waals surface area contributed by atoms with Gasteiger partial charge in [-0.05, 0) is 110 Å². The second kappa shape index (κ2) is 12.1. The molecule has 1 aliphatic carbocycles. The molecule has 0 radical (unpaired) electrons. The number of alkyl halides is 2. The molecule has 36 heavy (non-hydrogen) atoms. The van der Waals surface area contributed by atoms with Crippen molar-refractivity contribution < 1.29 is 23.0 Å². The number of likely N-dealkylation sites (N-methyl/N-ethyl adjacent to an activating group) is 1. The molecule has 1 aliphatic rings. The number of nitrogens with zero attached hydrogens (tertiary/aromatic N) is 1. The Hall–Kier alpha value is -2.64. The average molecular weight is 514 g/mol. The number of aldehydes is 1. The lowest BCUT2D eigenvalue weighted by Crippen LogP contribution is -2.42. The fourth-order valence-electron chi connectivity index (χ4n) is 4.43. The van der Waals surface area contributed by atoms with E-state index in [0.717, 1.165) is 59.0 Å². The predicted molar refractivity (Wildman–Crippen MR) is 141 cm³/mol. The molecule has 0 amide bonds. The normalized spacial score (nSPS) is 15.4. The second-order valence-electron chi connectivity index (χ2n) is 9.26. The van der Waals surface area contributed by atoms with Gasteiger partial charge in [0.2, 0.25) is 0 Å². The Morgan fingerprint density at radius 3 is 2.39 bits per heavy atom. The third kappa shape index (κ3) is 6.37. The summed E-state index contributed by atoms with van der Waals surface area (Å²) in [5, 5.41) is 2.01. The maximum Gasteiger partial charge on any atom is 0.296 e. The summed E-state index contributed by atoms with van der Waals surface area (Å²) in [4.78, 5) is 12.6. The highest BCUT2D eigenvalue weighted by Gasteiger charge is 2.44. The van der Waals surface area contributed by atoms with Crippen molar-refractivity contribution in [1.29, 1.82) is 0 Å². The van der Waals surface area contributed by atoms with Crippen molar-refractivity contribution in [2.45, 2.75) is 68.4 Å². The SMILES string of the molecule is CCCCOc1ccc(C(F)(F)C(C=O)N(C)Sc2ccc3cc(OC4CCCC4)ccc3c2)cc1. The molecule has 0 heterocycles. The third-order valence-electron chi connectivity index (χ3n) is 6.54. The standard InChI is InChI=1S/C29H33F2NO3S/c1-3-4-17-34-24-14-11-23(12-15-24)29(30,31)28(20-33)32(2)36-27-16-10-21-18-26(13-9-22(21)19-27)35-25-7-5-6-8-25/h9-16,18-20,25,28H,3-8,17H2,1-2H3. The zero-order chi connectivity index (χ0) is 25.5. The highest BCUT2D eigenvalue weighted by atomic mass is 32.2. The Balaban J connectivity index is 1.43. The van der Waals surface area contributed by atoms with E-state index in [1.165, 1.54) is 48.5 Å². The molecule has 192 valence electrons. The summed E-state index contributed by atoms with van der Waals surface area (Å²) >= 11 is 1.13. The molecule has 0 aliphatic heterocycles. The molecule has 1 fully saturated rings. The first-order chi connectivity index (χ1) is 17.4. The van der Waals surface area contributed by atoms with Crippen LogP contribution in [0, 0.1) is 0 Å². The zero-order valence-electron chi connectivity index (χ0n) is 20.8. The van der Waals surface area contributed by atoms with Crippen molar-refractivity contribution in [3.63, 3.8) is 0 Å². The largest absolute Gasteiger partial charge is 0.494 e. The smallest absolute Gasteiger partial charge is 0.296 e. The topological polar surface area (TPSA) is 38.8 Å². The lowest BCUT2D eigenvalue weighted by atomic mass is 10.0. The van der Waals surface area contributed by atoms with Crippen LogP contribution in [-0.4, -0.2) is 36.4 Å². The van der Waals surface area contributed by atoms with Crippen LogP contribution >= 0.6 is 11.9 Å². The molecule has 3 aromatic rings. The number of carbonyl (C=O) groups is 1. The van der Waals surface area contributed by atoms with Gasteiger partial charge in [-0.2, -0.15) is 8.78 Å². The number of unbranched alkanes of at least 4 members (excludes halogenated alkanes) is 1. The molecule has 1 unspecified atom stereocenters. The van der Waals surface area contributed by atoms with Gasteiger partial charge in [-0.15, -0.1) is 0 Å². The lowest BCUT2D eigenvalue weighted by Gasteiger charge is -2.30. The van der Waals surface area contributed by atoms with E-state index >= 15 is 8.78 Å². The molecule has 4 rings (SSSR count). The molecule has 0 spiro atoms. The first-order valence-corrected chi connectivity index (χ1v) is 13.4. The van der Waals surface area contributed by atoms with Crippen LogP contribution in [0.15, 0.2) is 65.6 Å². The average Bonchev–Trinajstić information content (AvgIpc) is 3.38. The Labute approximate surface area is 216 Å². The molecular formula is C29H33F2NO3S. The van der Waals surface area contributed by atoms with Crippen molar-refractivity contribution in [3.8, 4) is 11.5 Å². The molecular weight excluding hydrogens is 480 g/mol. The van der Waals surface area contributed by atoms with Crippen LogP contribution in [0.3, 0.4) is 0 Å². The van der Waals surface area contributed by atoms with E-state index in [0.29, 0.717) is 18.6 Å². The molecule has 1 saturated carbocycles. The van der Waals surface area contributed by atoms with E-state index in [4.69, 9.17) is 9.47 Å². The van der Waals surface area contributed by atoms with E-state index in [9.17, 15) is 4.79 Å². The van der Waals surface area contributed by atoms with Crippen molar-refractivity contribution >= 4 is 29.0 Å². The number of ether oxygens (including phenoxy) is 2. The van der Waals surface area contributed by atoms with E-state index in [2.05, 4.69) is 6.92 Å². The van der Waals surface area contributed by atoms with Gasteiger partial charge in [-0.1, -0.05) is 25.5 Å². The van der Waals surface area contributed by atoms with Gasteiger partial charge in [0, 0.05) is 10.5 Å². The molecule has 0 saturated heterocycles. The zero-order valence-corrected chi connectivity index (χ0v) is 21.6. The van der Waals surface area contributed by atoms with Crippen molar-refractivity contribution in [2.24, 2.45) is 0 Å². The van der Waals surface area contributed by atoms with Gasteiger partial charge in [0.25, 0.3) is 5.92 Å². The number of hydrogen-bond acceptors (Lipinski definition) is 5. The fraction of sp³-hybridized carbons (Fsp3) is 0.414. The Kier molecular flexibility index (Phi) is 8.86. The molecule has 4 nitrogen and oxygen atoms in total. The van der Waals surface area contributed by atoms with E-state index in [-0.39, 0.29) is 11.7 Å². The molecule has 0 bridgehead atoms. The minimum Gasteiger partial charge on any atom is -0.494 e. The summed E-state index contributed by atoms with van der Waals surface area (Å²) in [5.74, 6) is -1.97. The van der Waals surface area contributed by atoms with Gasteiger partial charge in [-0.25, -0.2) is 4.31 Å². The van der Waals surface area contributed by atoms with Gasteiger partial charge in [0.15, 0.2) is 0 Å². The van der Waals surface area contributed by atoms with E-state index in [1.54, 1.807) is 0 Å². The number of benzene rings is 3. The summed E-state index contributed by atoms with van der Waals surface area (Å²) < 4.78 is 43.6. The maximum atomic E-state index is 15.3. The number of fused-ring (bicyclic) bond motifs is 1. The molecule has 0 aromatic heterocycles. The minimum absolute atomic E-state index is 0.219. The molecule has 1 atom stereocenters. The highest BCUT2D eigenvalue weighted by molar-refractivity contribution is 7.97. The summed E-state index contributed by atoms with van der Waals surface area (Å²) in [6, 6.07) is 15.8. The van der Waals surface area contributed by atoms with Crippen LogP contribution in [0.5, 0.6) is 11.5 Å². The van der Waals surface area contributed by atoms with Gasteiger partial charge in [0.1, 0.15) is 23.8 Å². The van der Waals surface area contributed by atoms with Crippen molar-refractivity contribution in [1.82, 2.24) is 4.31 Å². The minimum atomic E-state index is -3.37. The van der Waals surface area contributed by atoms with Crippen molar-refractivity contribution in [3.05, 3.63) is 66.2 Å². The Morgan fingerprint density at radius 2 is 1.69 bits per heavy atom. The van der Waals surface area contributed by atoms with Crippen molar-refractivity contribution in [2.75, 3.05) is 13.7 Å². The predicted octanol–water partition coefficient (Wildman–Crippen LogP) is 7.64. The van der Waals surface area contributed by atoms with Gasteiger partial charge < -0.3 is 14.3 Å². The number of carbonyl (C=O) groups excluding carboxylic acids is 1. The molecule has 3 aromatic carbocycles. The summed E-state index contributed by atoms with van der Waals surface area (Å²) in [6.07, 6.45) is 7.12. The van der Waals surface area contributed by atoms with Crippen LogP contribution in [-0.2, 0) is 10.7 Å². The lowest BCUT2D eigenvalue weighted by molar-refractivity contribution is -0.124. The quantitative estimate of drug-likeness (QED) is 0.141. The number of halogens is 2. The van der Waals surface area contributed by atoms with Gasteiger partial charge >= 0.3 is 0 Å². The molecule has 0 N–H and O–H groups in total. The summed E-state index contributed by atoms with van der Waals surface area (Å²) in [6.45, 7) is 2.60.